The lowest BCUT2D eigenvalue weighted by Gasteiger charge is -2.19. The fraction of sp³-hybridized carbons (Fsp3) is 0.462. The number of rotatable bonds is 7. The minimum absolute atomic E-state index is 0.123. The van der Waals surface area contributed by atoms with Crippen LogP contribution in [0.15, 0.2) is 12.5 Å². The van der Waals surface area contributed by atoms with E-state index in [2.05, 4.69) is 25.9 Å². The first-order chi connectivity index (χ1) is 11.0. The molecule has 1 fully saturated rings. The van der Waals surface area contributed by atoms with Gasteiger partial charge in [0.25, 0.3) is 0 Å². The molecule has 3 amide bonds. The van der Waals surface area contributed by atoms with Crippen molar-refractivity contribution in [3.05, 3.63) is 18.2 Å². The summed E-state index contributed by atoms with van der Waals surface area (Å²) in [5, 5.41) is 15.9. The number of aliphatic carboxylic acids is 1. The third-order valence-corrected chi connectivity index (χ3v) is 3.34. The number of hydrogen-bond donors (Lipinski definition) is 5. The molecule has 124 valence electrons. The quantitative estimate of drug-likeness (QED) is 0.388. The van der Waals surface area contributed by atoms with Gasteiger partial charge in [-0.3, -0.25) is 19.2 Å². The lowest BCUT2D eigenvalue weighted by molar-refractivity contribution is -0.138. The van der Waals surface area contributed by atoms with Crippen LogP contribution < -0.4 is 16.0 Å². The molecule has 0 unspecified atom stereocenters. The van der Waals surface area contributed by atoms with Crippen molar-refractivity contribution in [1.82, 2.24) is 25.9 Å². The van der Waals surface area contributed by atoms with Gasteiger partial charge in [-0.25, -0.2) is 4.98 Å². The number of carbonyl (C=O) groups excluding carboxylic acids is 3. The molecular formula is C13H17N5O5. The molecule has 23 heavy (non-hydrogen) atoms. The number of nitrogens with one attached hydrogen (secondary N) is 4. The van der Waals surface area contributed by atoms with Crippen LogP contribution in [-0.2, 0) is 25.6 Å². The highest BCUT2D eigenvalue weighted by Crippen LogP contribution is 2.07. The van der Waals surface area contributed by atoms with Crippen LogP contribution in [-0.4, -0.2) is 57.4 Å². The third kappa shape index (κ3) is 4.80. The summed E-state index contributed by atoms with van der Waals surface area (Å²) >= 11 is 0. The molecule has 0 aliphatic carbocycles. The van der Waals surface area contributed by atoms with E-state index in [0.717, 1.165) is 0 Å². The Bertz CT molecular complexity index is 600. The van der Waals surface area contributed by atoms with Gasteiger partial charge < -0.3 is 26.0 Å². The largest absolute Gasteiger partial charge is 0.480 e. The maximum absolute atomic E-state index is 12.1. The second kappa shape index (κ2) is 7.38. The van der Waals surface area contributed by atoms with Gasteiger partial charge in [-0.15, -0.1) is 0 Å². The first kappa shape index (κ1) is 16.5. The van der Waals surface area contributed by atoms with Crippen molar-refractivity contribution in [2.75, 3.05) is 6.54 Å². The predicted octanol–water partition coefficient (Wildman–Crippen LogP) is -2.08. The van der Waals surface area contributed by atoms with Crippen molar-refractivity contribution in [3.63, 3.8) is 0 Å². The van der Waals surface area contributed by atoms with Gasteiger partial charge in [-0.2, -0.15) is 0 Å². The van der Waals surface area contributed by atoms with Crippen LogP contribution in [0.2, 0.25) is 0 Å². The lowest BCUT2D eigenvalue weighted by Crippen LogP contribution is -2.53. The van der Waals surface area contributed by atoms with E-state index in [1.54, 1.807) is 0 Å². The van der Waals surface area contributed by atoms with Crippen LogP contribution in [0.1, 0.15) is 18.5 Å². The first-order valence-electron chi connectivity index (χ1n) is 7.02. The number of aromatic nitrogens is 2. The van der Waals surface area contributed by atoms with Gasteiger partial charge in [0.2, 0.25) is 17.7 Å². The number of H-pyrrole nitrogens is 1. The zero-order valence-corrected chi connectivity index (χ0v) is 12.2. The molecule has 0 saturated carbocycles. The van der Waals surface area contributed by atoms with E-state index in [0.29, 0.717) is 12.1 Å². The molecule has 1 aliphatic heterocycles. The average Bonchev–Trinajstić information content (AvgIpc) is 3.15. The average molecular weight is 323 g/mol. The van der Waals surface area contributed by atoms with E-state index in [1.165, 1.54) is 12.5 Å². The SMILES string of the molecule is O=C(O)CNC(=O)[C@@H](Cc1cnc[nH]1)NC(=O)[C@@H]1CCC(=O)N1. The second-order valence-electron chi connectivity index (χ2n) is 5.11. The summed E-state index contributed by atoms with van der Waals surface area (Å²) in [6.07, 6.45) is 3.67. The smallest absolute Gasteiger partial charge is 0.322 e. The second-order valence-corrected chi connectivity index (χ2v) is 5.11. The molecule has 0 bridgehead atoms. The van der Waals surface area contributed by atoms with Crippen LogP contribution in [0.25, 0.3) is 0 Å². The van der Waals surface area contributed by atoms with Crippen molar-refractivity contribution < 1.29 is 24.3 Å². The summed E-state index contributed by atoms with van der Waals surface area (Å²) in [4.78, 5) is 52.5. The third-order valence-electron chi connectivity index (χ3n) is 3.34. The summed E-state index contributed by atoms with van der Waals surface area (Å²) < 4.78 is 0. The first-order valence-corrected chi connectivity index (χ1v) is 7.02. The van der Waals surface area contributed by atoms with E-state index in [4.69, 9.17) is 5.11 Å². The van der Waals surface area contributed by atoms with Gasteiger partial charge in [0.15, 0.2) is 0 Å². The molecule has 2 heterocycles. The Labute approximate surface area is 131 Å². The lowest BCUT2D eigenvalue weighted by atomic mass is 10.1. The molecular weight excluding hydrogens is 306 g/mol. The fourth-order valence-electron chi connectivity index (χ4n) is 2.19. The standard InChI is InChI=1S/C13H17N5O5/c19-10-2-1-8(17-10)13(23)18-9(3-7-4-14-6-16-7)12(22)15-5-11(20)21/h4,6,8-9H,1-3,5H2,(H,14,16)(H,15,22)(H,17,19)(H,18,23)(H,20,21)/t8-,9+/m0/s1. The van der Waals surface area contributed by atoms with Crippen molar-refractivity contribution in [2.24, 2.45) is 0 Å². The minimum atomic E-state index is -1.19. The molecule has 1 aromatic rings. The minimum Gasteiger partial charge on any atom is -0.480 e. The van der Waals surface area contributed by atoms with Gasteiger partial charge >= 0.3 is 5.97 Å². The predicted molar refractivity (Wildman–Crippen MR) is 76.0 cm³/mol. The Morgan fingerprint density at radius 2 is 2.22 bits per heavy atom. The Kier molecular flexibility index (Phi) is 5.28. The number of carboxylic acid groups (broad SMARTS) is 1. The number of nitrogens with zero attached hydrogens (tertiary/aromatic N) is 1. The van der Waals surface area contributed by atoms with Crippen molar-refractivity contribution in [1.29, 1.82) is 0 Å². The Morgan fingerprint density at radius 1 is 1.43 bits per heavy atom. The number of carbonyl (C=O) groups is 4. The van der Waals surface area contributed by atoms with Crippen LogP contribution in [0.5, 0.6) is 0 Å². The van der Waals surface area contributed by atoms with Gasteiger partial charge in [0, 0.05) is 24.7 Å². The highest BCUT2D eigenvalue weighted by atomic mass is 16.4. The van der Waals surface area contributed by atoms with Crippen LogP contribution in [0.4, 0.5) is 0 Å². The molecule has 1 saturated heterocycles. The summed E-state index contributed by atoms with van der Waals surface area (Å²) in [6.45, 7) is -0.547. The molecule has 2 rings (SSSR count). The molecule has 0 radical (unpaired) electrons. The number of carboxylic acids is 1. The Balaban J connectivity index is 2.00. The maximum Gasteiger partial charge on any atom is 0.322 e. The van der Waals surface area contributed by atoms with Crippen LogP contribution in [0, 0.1) is 0 Å². The van der Waals surface area contributed by atoms with E-state index in [9.17, 15) is 19.2 Å². The number of hydrogen-bond acceptors (Lipinski definition) is 5. The van der Waals surface area contributed by atoms with Crippen molar-refractivity contribution >= 4 is 23.7 Å². The van der Waals surface area contributed by atoms with Crippen molar-refractivity contribution in [3.8, 4) is 0 Å². The Morgan fingerprint density at radius 3 is 2.78 bits per heavy atom. The van der Waals surface area contributed by atoms with E-state index in [-0.39, 0.29) is 18.7 Å². The van der Waals surface area contributed by atoms with Crippen molar-refractivity contribution in [2.45, 2.75) is 31.3 Å². The summed E-state index contributed by atoms with van der Waals surface area (Å²) in [7, 11) is 0. The van der Waals surface area contributed by atoms with Gasteiger partial charge in [-0.05, 0) is 6.42 Å². The molecule has 1 aliphatic rings. The van der Waals surface area contributed by atoms with Gasteiger partial charge in [-0.1, -0.05) is 0 Å². The molecule has 0 spiro atoms. The molecule has 2 atom stereocenters. The van der Waals surface area contributed by atoms with Gasteiger partial charge in [0.05, 0.1) is 6.33 Å². The maximum atomic E-state index is 12.1. The number of aromatic amines is 1. The summed E-state index contributed by atoms with van der Waals surface area (Å²) in [6, 6.07) is -1.65. The molecule has 1 aromatic heterocycles. The van der Waals surface area contributed by atoms with Crippen LogP contribution in [0.3, 0.4) is 0 Å². The zero-order chi connectivity index (χ0) is 16.8. The van der Waals surface area contributed by atoms with Gasteiger partial charge in [0.1, 0.15) is 18.6 Å². The monoisotopic (exact) mass is 323 g/mol. The molecule has 5 N–H and O–H groups in total. The molecule has 10 heteroatoms. The van der Waals surface area contributed by atoms with E-state index < -0.39 is 36.4 Å². The number of imidazole rings is 1. The fourth-order valence-corrected chi connectivity index (χ4v) is 2.19. The summed E-state index contributed by atoms with van der Waals surface area (Å²) in [5.74, 6) is -2.51. The van der Waals surface area contributed by atoms with Crippen LogP contribution >= 0.6 is 0 Å². The van der Waals surface area contributed by atoms with E-state index in [1.807, 2.05) is 0 Å². The summed E-state index contributed by atoms with van der Waals surface area (Å²) in [5.41, 5.74) is 0.608. The zero-order valence-electron chi connectivity index (χ0n) is 12.2. The number of amides is 3. The van der Waals surface area contributed by atoms with E-state index >= 15 is 0 Å². The highest BCUT2D eigenvalue weighted by Gasteiger charge is 2.30. The highest BCUT2D eigenvalue weighted by molar-refractivity contribution is 5.94. The Hall–Kier alpha value is -2.91. The molecule has 0 aromatic carbocycles. The normalized spacial score (nSPS) is 18.1. The topological polar surface area (TPSA) is 153 Å². The molecule has 10 nitrogen and oxygen atoms in total.